The maximum Gasteiger partial charge on any atom is 0.303 e. The van der Waals surface area contributed by atoms with E-state index < -0.39 is 12.1 Å². The highest BCUT2D eigenvalue weighted by Crippen LogP contribution is 2.30. The number of nitrogens with zero attached hydrogens (tertiary/aromatic N) is 1. The molecule has 9 nitrogen and oxygen atoms in total. The predicted octanol–water partition coefficient (Wildman–Crippen LogP) is 3.97. The normalized spacial score (nSPS) is 11.9. The van der Waals surface area contributed by atoms with Crippen molar-refractivity contribution in [3.63, 3.8) is 0 Å². The monoisotopic (exact) mass is 493 g/mol. The van der Waals surface area contributed by atoms with E-state index in [1.807, 2.05) is 19.0 Å². The Kier molecular flexibility index (Phi) is 7.00. The first-order valence-corrected chi connectivity index (χ1v) is 11.3. The van der Waals surface area contributed by atoms with Gasteiger partial charge in [0.05, 0.1) is 0 Å². The largest absolute Gasteiger partial charge is 0.489 e. The molecule has 0 aliphatic heterocycles. The Bertz CT molecular complexity index is 1550. The number of anilines is 1. The molecule has 0 aliphatic carbocycles. The Morgan fingerprint density at radius 3 is 2.06 bits per heavy atom. The summed E-state index contributed by atoms with van der Waals surface area (Å²) in [5.41, 5.74) is 1.07. The van der Waals surface area contributed by atoms with E-state index in [-0.39, 0.29) is 29.5 Å². The number of hydrogen-bond acceptors (Lipinski definition) is 9. The topological polar surface area (TPSA) is 108 Å². The second kappa shape index (κ2) is 10.2. The van der Waals surface area contributed by atoms with Crippen LogP contribution in [0.5, 0.6) is 11.5 Å². The highest BCUT2D eigenvalue weighted by Gasteiger charge is 2.19. The molecule has 0 spiro atoms. The van der Waals surface area contributed by atoms with Gasteiger partial charge in [-0.15, -0.1) is 0 Å². The number of benzene rings is 2. The summed E-state index contributed by atoms with van der Waals surface area (Å²) in [6, 6.07) is 11.3. The summed E-state index contributed by atoms with van der Waals surface area (Å²) in [6.45, 7) is 4.48. The number of fused-ring (bicyclic) bond motifs is 2. The molecule has 0 saturated carbocycles. The number of carbonyl (C=O) groups is 1. The van der Waals surface area contributed by atoms with Gasteiger partial charge in [-0.3, -0.25) is 14.4 Å². The molecule has 2 heterocycles. The van der Waals surface area contributed by atoms with Crippen LogP contribution in [0.15, 0.2) is 60.9 Å². The molecule has 0 N–H and O–H groups in total. The van der Waals surface area contributed by atoms with Gasteiger partial charge in [0, 0.05) is 51.0 Å². The predicted molar refractivity (Wildman–Crippen MR) is 135 cm³/mol. The third-order valence-corrected chi connectivity index (χ3v) is 5.44. The molecule has 0 amide bonds. The van der Waals surface area contributed by atoms with Gasteiger partial charge in [-0.05, 0) is 26.0 Å². The fourth-order valence-corrected chi connectivity index (χ4v) is 3.87. The average Bonchev–Trinajstić information content (AvgIpc) is 2.79. The van der Waals surface area contributed by atoms with E-state index in [4.69, 9.17) is 23.0 Å². The molecule has 36 heavy (non-hydrogen) atoms. The molecule has 0 bridgehead atoms. The van der Waals surface area contributed by atoms with Crippen molar-refractivity contribution in [3.05, 3.63) is 74.4 Å². The van der Waals surface area contributed by atoms with Crippen LogP contribution in [0.1, 0.15) is 18.4 Å². The molecule has 1 atom stereocenters. The van der Waals surface area contributed by atoms with Crippen LogP contribution in [0, 0.1) is 13.8 Å². The fraction of sp³-hybridized carbons (Fsp3) is 0.296. The van der Waals surface area contributed by atoms with Gasteiger partial charge in [0.15, 0.2) is 17.0 Å². The second-order valence-electron chi connectivity index (χ2n) is 8.64. The van der Waals surface area contributed by atoms with Crippen molar-refractivity contribution in [2.24, 2.45) is 0 Å². The lowest BCUT2D eigenvalue weighted by molar-refractivity contribution is -0.149. The van der Waals surface area contributed by atoms with Crippen LogP contribution >= 0.6 is 0 Å². The Labute approximate surface area is 206 Å². The molecule has 0 saturated heterocycles. The summed E-state index contributed by atoms with van der Waals surface area (Å²) in [7, 11) is 3.72. The lowest BCUT2D eigenvalue weighted by Gasteiger charge is -2.20. The molecule has 9 heteroatoms. The number of aryl methyl sites for hydroxylation is 2. The van der Waals surface area contributed by atoms with Gasteiger partial charge in [-0.2, -0.15) is 0 Å². The molecule has 188 valence electrons. The van der Waals surface area contributed by atoms with Crippen molar-refractivity contribution in [1.29, 1.82) is 0 Å². The second-order valence-corrected chi connectivity index (χ2v) is 8.64. The number of carbonyl (C=O) groups excluding carboxylic acids is 1. The van der Waals surface area contributed by atoms with E-state index in [1.54, 1.807) is 44.2 Å². The van der Waals surface area contributed by atoms with Crippen LogP contribution in [0.4, 0.5) is 5.69 Å². The Morgan fingerprint density at radius 1 is 0.861 bits per heavy atom. The van der Waals surface area contributed by atoms with Gasteiger partial charge >= 0.3 is 5.97 Å². The summed E-state index contributed by atoms with van der Waals surface area (Å²) in [4.78, 5) is 38.9. The van der Waals surface area contributed by atoms with Gasteiger partial charge in [0.1, 0.15) is 58.2 Å². The van der Waals surface area contributed by atoms with Gasteiger partial charge in [0.2, 0.25) is 0 Å². The first-order chi connectivity index (χ1) is 17.1. The van der Waals surface area contributed by atoms with Gasteiger partial charge in [-0.1, -0.05) is 6.07 Å². The molecular weight excluding hydrogens is 466 g/mol. The van der Waals surface area contributed by atoms with Crippen molar-refractivity contribution in [2.75, 3.05) is 32.2 Å². The smallest absolute Gasteiger partial charge is 0.303 e. The van der Waals surface area contributed by atoms with Crippen LogP contribution in [-0.2, 0) is 9.53 Å². The summed E-state index contributed by atoms with van der Waals surface area (Å²) in [5.74, 6) is 1.04. The van der Waals surface area contributed by atoms with Crippen molar-refractivity contribution >= 4 is 33.6 Å². The van der Waals surface area contributed by atoms with Gasteiger partial charge in [0.25, 0.3) is 0 Å². The van der Waals surface area contributed by atoms with E-state index in [2.05, 4.69) is 0 Å². The molecule has 0 aliphatic rings. The lowest BCUT2D eigenvalue weighted by atomic mass is 10.1. The number of esters is 1. The quantitative estimate of drug-likeness (QED) is 0.337. The zero-order valence-electron chi connectivity index (χ0n) is 20.7. The zero-order chi connectivity index (χ0) is 26.0. The van der Waals surface area contributed by atoms with Crippen LogP contribution in [0.3, 0.4) is 0 Å². The molecule has 2 aromatic carbocycles. The summed E-state index contributed by atoms with van der Waals surface area (Å²) < 4.78 is 28.6. The fourth-order valence-electron chi connectivity index (χ4n) is 3.87. The summed E-state index contributed by atoms with van der Waals surface area (Å²) >= 11 is 0. The van der Waals surface area contributed by atoms with E-state index >= 15 is 0 Å². The van der Waals surface area contributed by atoms with E-state index in [1.165, 1.54) is 19.1 Å². The minimum Gasteiger partial charge on any atom is -0.489 e. The summed E-state index contributed by atoms with van der Waals surface area (Å²) in [5, 5.41) is 0.582. The van der Waals surface area contributed by atoms with Crippen LogP contribution in [-0.4, -0.2) is 39.4 Å². The Balaban J connectivity index is 1.61. The third-order valence-electron chi connectivity index (χ3n) is 5.44. The number of hydrogen-bond donors (Lipinski definition) is 0. The van der Waals surface area contributed by atoms with Crippen LogP contribution in [0.25, 0.3) is 21.9 Å². The molecule has 4 aromatic rings. The average molecular weight is 494 g/mol. The Hall–Kier alpha value is -4.27. The molecule has 0 fully saturated rings. The van der Waals surface area contributed by atoms with Crippen molar-refractivity contribution < 1.29 is 27.8 Å². The first-order valence-electron chi connectivity index (χ1n) is 11.3. The summed E-state index contributed by atoms with van der Waals surface area (Å²) in [6.07, 6.45) is -0.828. The Morgan fingerprint density at radius 2 is 1.44 bits per heavy atom. The van der Waals surface area contributed by atoms with E-state index in [0.717, 1.165) is 5.69 Å². The van der Waals surface area contributed by atoms with Crippen molar-refractivity contribution in [3.8, 4) is 11.5 Å². The molecule has 0 radical (unpaired) electrons. The van der Waals surface area contributed by atoms with Crippen molar-refractivity contribution in [1.82, 2.24) is 0 Å². The van der Waals surface area contributed by atoms with E-state index in [0.29, 0.717) is 39.6 Å². The molecular formula is C27H27NO8. The maximum atomic E-state index is 12.7. The van der Waals surface area contributed by atoms with Crippen LogP contribution in [0.2, 0.25) is 0 Å². The van der Waals surface area contributed by atoms with Crippen molar-refractivity contribution in [2.45, 2.75) is 26.9 Å². The third kappa shape index (κ3) is 5.35. The SMILES string of the molecule is CC(=O)OC(COc1cccc2oc(C)cc(=O)c12)COc1cc(N(C)C)cc2oc(C)cc(=O)c12. The minimum atomic E-state index is -0.828. The minimum absolute atomic E-state index is 0.0922. The number of ether oxygens (including phenoxy) is 3. The highest BCUT2D eigenvalue weighted by molar-refractivity contribution is 5.87. The first kappa shape index (κ1) is 24.8. The standard InChI is InChI=1S/C27H27NO8/c1-15-9-20(30)26-22(7-6-8-23(26)34-15)32-13-19(36-17(3)29)14-33-24-11-18(28(4)5)12-25-27(24)21(31)10-16(2)35-25/h6-12,19H,13-14H2,1-5H3. The molecule has 1 unspecified atom stereocenters. The zero-order valence-corrected chi connectivity index (χ0v) is 20.7. The maximum absolute atomic E-state index is 12.7. The lowest BCUT2D eigenvalue weighted by Crippen LogP contribution is -2.30. The van der Waals surface area contributed by atoms with Crippen LogP contribution < -0.4 is 25.2 Å². The molecule has 2 aromatic heterocycles. The molecule has 4 rings (SSSR count). The van der Waals surface area contributed by atoms with Gasteiger partial charge < -0.3 is 27.9 Å². The van der Waals surface area contributed by atoms with E-state index in [9.17, 15) is 14.4 Å². The number of rotatable bonds is 8. The highest BCUT2D eigenvalue weighted by atomic mass is 16.6. The van der Waals surface area contributed by atoms with Gasteiger partial charge in [-0.25, -0.2) is 0 Å².